The third kappa shape index (κ3) is 6.25. The lowest BCUT2D eigenvalue weighted by atomic mass is 10.1. The first-order valence-corrected chi connectivity index (χ1v) is 18.3. The van der Waals surface area contributed by atoms with Crippen LogP contribution in [0.3, 0.4) is 0 Å². The van der Waals surface area contributed by atoms with Crippen LogP contribution in [0.5, 0.6) is 0 Å². The van der Waals surface area contributed by atoms with Crippen molar-refractivity contribution in [3.05, 3.63) is 71.3 Å². The van der Waals surface area contributed by atoms with Gasteiger partial charge in [0.15, 0.2) is 9.84 Å². The summed E-state index contributed by atoms with van der Waals surface area (Å²) in [5.74, 6) is -0.399. The number of hydrogen-bond acceptors (Lipinski definition) is 8. The Morgan fingerprint density at radius 1 is 1.10 bits per heavy atom. The van der Waals surface area contributed by atoms with E-state index in [9.17, 15) is 21.6 Å². The SMILES string of the molecule is CCCN(CCC)S(=O)(=O)c1cccc(-c2nn(-c3ccccc3)cc2/C=C2\SC(=S)N(C3CCS(=O)(=O)C3)C2=O)c1. The van der Waals surface area contributed by atoms with E-state index in [-0.39, 0.29) is 22.3 Å². The van der Waals surface area contributed by atoms with Crippen LogP contribution in [0.25, 0.3) is 23.0 Å². The zero-order valence-electron chi connectivity index (χ0n) is 23.3. The zero-order valence-corrected chi connectivity index (χ0v) is 26.6. The maximum atomic E-state index is 13.6. The predicted octanol–water partition coefficient (Wildman–Crippen LogP) is 4.74. The first-order valence-electron chi connectivity index (χ1n) is 13.8. The van der Waals surface area contributed by atoms with Gasteiger partial charge in [0.05, 0.1) is 33.0 Å². The van der Waals surface area contributed by atoms with E-state index in [0.29, 0.717) is 58.4 Å². The van der Waals surface area contributed by atoms with Gasteiger partial charge < -0.3 is 0 Å². The summed E-state index contributed by atoms with van der Waals surface area (Å²) >= 11 is 6.63. The van der Waals surface area contributed by atoms with Crippen LogP contribution in [0.2, 0.25) is 0 Å². The minimum Gasteiger partial charge on any atom is -0.289 e. The van der Waals surface area contributed by atoms with E-state index in [4.69, 9.17) is 17.3 Å². The number of nitrogens with zero attached hydrogens (tertiary/aromatic N) is 4. The predicted molar refractivity (Wildman–Crippen MR) is 170 cm³/mol. The second-order valence-corrected chi connectivity index (χ2v) is 16.1. The molecule has 42 heavy (non-hydrogen) atoms. The molecule has 0 bridgehead atoms. The molecule has 1 atom stereocenters. The van der Waals surface area contributed by atoms with Crippen LogP contribution < -0.4 is 0 Å². The molecule has 2 aromatic carbocycles. The average molecular weight is 645 g/mol. The Bertz CT molecular complexity index is 1740. The number of rotatable bonds is 10. The van der Waals surface area contributed by atoms with Crippen molar-refractivity contribution in [1.29, 1.82) is 0 Å². The maximum absolute atomic E-state index is 13.6. The number of carbonyl (C=O) groups is 1. The van der Waals surface area contributed by atoms with Crippen LogP contribution in [0, 0.1) is 0 Å². The molecule has 1 amide bonds. The van der Waals surface area contributed by atoms with E-state index >= 15 is 0 Å². The van der Waals surface area contributed by atoms with Crippen LogP contribution >= 0.6 is 24.0 Å². The van der Waals surface area contributed by atoms with Crippen LogP contribution in [0.1, 0.15) is 38.7 Å². The van der Waals surface area contributed by atoms with E-state index in [1.54, 1.807) is 41.2 Å². The topological polar surface area (TPSA) is 110 Å². The summed E-state index contributed by atoms with van der Waals surface area (Å²) in [5.41, 5.74) is 2.49. The second kappa shape index (κ2) is 12.4. The maximum Gasteiger partial charge on any atom is 0.266 e. The standard InChI is InChI=1S/C29H32N4O5S4/c1-3-14-31(15-4-2)42(37,38)25-12-8-9-21(17-25)27-22(19-32(30-27)23-10-6-5-7-11-23)18-26-28(34)33(29(39)40-26)24-13-16-41(35,36)20-24/h5-12,17-19,24H,3-4,13-16,20H2,1-2H3/b26-18-. The third-order valence-electron chi connectivity index (χ3n) is 7.14. The molecule has 13 heteroatoms. The fourth-order valence-corrected chi connectivity index (χ4v) is 9.91. The van der Waals surface area contributed by atoms with E-state index in [2.05, 4.69) is 0 Å². The van der Waals surface area contributed by atoms with E-state index in [1.165, 1.54) is 9.21 Å². The Balaban J connectivity index is 1.57. The third-order valence-corrected chi connectivity index (χ3v) is 12.1. The minimum atomic E-state index is -3.73. The van der Waals surface area contributed by atoms with Crippen molar-refractivity contribution in [2.24, 2.45) is 0 Å². The van der Waals surface area contributed by atoms with Crippen molar-refractivity contribution in [2.45, 2.75) is 44.0 Å². The smallest absolute Gasteiger partial charge is 0.266 e. The van der Waals surface area contributed by atoms with E-state index in [0.717, 1.165) is 17.4 Å². The Morgan fingerprint density at radius 3 is 2.45 bits per heavy atom. The van der Waals surface area contributed by atoms with Gasteiger partial charge >= 0.3 is 0 Å². The lowest BCUT2D eigenvalue weighted by molar-refractivity contribution is -0.123. The molecule has 222 valence electrons. The van der Waals surface area contributed by atoms with Crippen molar-refractivity contribution >= 4 is 60.1 Å². The first kappa shape index (κ1) is 30.6. The molecule has 1 unspecified atom stereocenters. The van der Waals surface area contributed by atoms with Gasteiger partial charge in [-0.25, -0.2) is 21.5 Å². The van der Waals surface area contributed by atoms with Crippen LogP contribution in [-0.4, -0.2) is 76.7 Å². The van der Waals surface area contributed by atoms with Crippen molar-refractivity contribution in [3.63, 3.8) is 0 Å². The molecule has 3 heterocycles. The van der Waals surface area contributed by atoms with E-state index < -0.39 is 25.9 Å². The Morgan fingerprint density at radius 2 is 1.81 bits per heavy atom. The van der Waals surface area contributed by atoms with Crippen molar-refractivity contribution in [1.82, 2.24) is 19.0 Å². The number of hydrogen-bond donors (Lipinski definition) is 0. The average Bonchev–Trinajstić information content (AvgIpc) is 3.63. The Labute approximate surface area is 256 Å². The van der Waals surface area contributed by atoms with Crippen molar-refractivity contribution in [3.8, 4) is 16.9 Å². The molecule has 2 saturated heterocycles. The molecular weight excluding hydrogens is 613 g/mol. The highest BCUT2D eigenvalue weighted by Gasteiger charge is 2.42. The van der Waals surface area contributed by atoms with Gasteiger partial charge in [0.2, 0.25) is 10.0 Å². The van der Waals surface area contributed by atoms with E-state index in [1.807, 2.05) is 44.2 Å². The molecule has 5 rings (SSSR count). The van der Waals surface area contributed by atoms with Gasteiger partial charge in [-0.05, 0) is 49.6 Å². The highest BCUT2D eigenvalue weighted by molar-refractivity contribution is 8.26. The minimum absolute atomic E-state index is 0.0367. The monoisotopic (exact) mass is 644 g/mol. The molecule has 0 N–H and O–H groups in total. The molecule has 9 nitrogen and oxygen atoms in total. The molecule has 0 spiro atoms. The lowest BCUT2D eigenvalue weighted by Gasteiger charge is -2.21. The summed E-state index contributed by atoms with van der Waals surface area (Å²) in [6.07, 6.45) is 5.25. The van der Waals surface area contributed by atoms with Gasteiger partial charge in [0.1, 0.15) is 10.0 Å². The number of thioether (sulfide) groups is 1. The lowest BCUT2D eigenvalue weighted by Crippen LogP contribution is -2.39. The number of benzene rings is 2. The Kier molecular flexibility index (Phi) is 9.05. The quantitative estimate of drug-likeness (QED) is 0.230. The second-order valence-electron chi connectivity index (χ2n) is 10.3. The van der Waals surface area contributed by atoms with Gasteiger partial charge in [-0.15, -0.1) is 0 Å². The zero-order chi connectivity index (χ0) is 30.1. The number of aromatic nitrogens is 2. The number of sulfonamides is 1. The largest absolute Gasteiger partial charge is 0.289 e. The van der Waals surface area contributed by atoms with Crippen LogP contribution in [-0.2, 0) is 24.7 Å². The van der Waals surface area contributed by atoms with Crippen LogP contribution in [0.15, 0.2) is 70.6 Å². The summed E-state index contributed by atoms with van der Waals surface area (Å²) in [6, 6.07) is 15.7. The van der Waals surface area contributed by atoms with Crippen LogP contribution in [0.4, 0.5) is 0 Å². The summed E-state index contributed by atoms with van der Waals surface area (Å²) in [7, 11) is -6.93. The Hall–Kier alpha value is -2.84. The highest BCUT2D eigenvalue weighted by Crippen LogP contribution is 2.38. The van der Waals surface area contributed by atoms with Gasteiger partial charge in [0.25, 0.3) is 5.91 Å². The number of para-hydroxylation sites is 1. The molecule has 0 radical (unpaired) electrons. The summed E-state index contributed by atoms with van der Waals surface area (Å²) in [5, 5.41) is 4.81. The number of amides is 1. The normalized spacial score (nSPS) is 19.8. The van der Waals surface area contributed by atoms with Gasteiger partial charge in [-0.1, -0.05) is 68.2 Å². The number of sulfone groups is 1. The van der Waals surface area contributed by atoms with Crippen molar-refractivity contribution in [2.75, 3.05) is 24.6 Å². The first-order chi connectivity index (χ1) is 20.0. The summed E-state index contributed by atoms with van der Waals surface area (Å²) < 4.78 is 54.8. The molecule has 2 fully saturated rings. The van der Waals surface area contributed by atoms with Gasteiger partial charge in [-0.2, -0.15) is 9.40 Å². The molecule has 1 aromatic heterocycles. The molecule has 2 aliphatic rings. The molecule has 0 saturated carbocycles. The van der Waals surface area contributed by atoms with Gasteiger partial charge in [0, 0.05) is 30.4 Å². The highest BCUT2D eigenvalue weighted by atomic mass is 32.2. The molecule has 2 aliphatic heterocycles. The fourth-order valence-electron chi connectivity index (χ4n) is 5.15. The number of carbonyl (C=O) groups excluding carboxylic acids is 1. The van der Waals surface area contributed by atoms with Crippen molar-refractivity contribution < 1.29 is 21.6 Å². The summed E-state index contributed by atoms with van der Waals surface area (Å²) in [6.45, 7) is 4.76. The number of thiocarbonyl (C=S) groups is 1. The molecule has 0 aliphatic carbocycles. The summed E-state index contributed by atoms with van der Waals surface area (Å²) in [4.78, 5) is 15.4. The van der Waals surface area contributed by atoms with Gasteiger partial charge in [-0.3, -0.25) is 9.69 Å². The molecular formula is C29H32N4O5S4. The fraction of sp³-hybridized carbons (Fsp3) is 0.345. The molecule has 3 aromatic rings.